The van der Waals surface area contributed by atoms with E-state index in [4.69, 9.17) is 11.5 Å². The quantitative estimate of drug-likeness (QED) is 0.539. The molecule has 1 rings (SSSR count). The second kappa shape index (κ2) is 3.72. The summed E-state index contributed by atoms with van der Waals surface area (Å²) in [6.07, 6.45) is 5.27. The number of hydrogen-bond donors (Lipinski definition) is 2. The van der Waals surface area contributed by atoms with Gasteiger partial charge in [-0.1, -0.05) is 19.3 Å². The van der Waals surface area contributed by atoms with Gasteiger partial charge in [0.15, 0.2) is 0 Å². The Labute approximate surface area is 67.1 Å². The van der Waals surface area contributed by atoms with Crippen molar-refractivity contribution in [3.05, 3.63) is 0 Å². The lowest BCUT2D eigenvalue weighted by molar-refractivity contribution is -0.122. The molecular weight excluding hydrogens is 140 g/mol. The number of carbonyl (C=O) groups excluding carboxylic acids is 1. The molecule has 0 spiro atoms. The first-order chi connectivity index (χ1) is 5.22. The SMILES string of the molecule is NC(=O)[C@H]1CCCCC[C@@H]1N. The minimum atomic E-state index is -0.223. The van der Waals surface area contributed by atoms with Gasteiger partial charge >= 0.3 is 0 Å². The molecule has 0 aromatic carbocycles. The summed E-state index contributed by atoms with van der Waals surface area (Å²) in [5.74, 6) is -0.295. The lowest BCUT2D eigenvalue weighted by atomic mass is 9.95. The molecule has 0 saturated heterocycles. The molecule has 1 aliphatic rings. The second-order valence-corrected chi connectivity index (χ2v) is 3.31. The molecule has 0 aromatic heterocycles. The van der Waals surface area contributed by atoms with Crippen molar-refractivity contribution in [3.63, 3.8) is 0 Å². The fourth-order valence-electron chi connectivity index (χ4n) is 1.69. The van der Waals surface area contributed by atoms with Crippen LogP contribution in [0.2, 0.25) is 0 Å². The van der Waals surface area contributed by atoms with E-state index in [-0.39, 0.29) is 17.9 Å². The van der Waals surface area contributed by atoms with Crippen LogP contribution in [0, 0.1) is 5.92 Å². The number of carbonyl (C=O) groups is 1. The topological polar surface area (TPSA) is 69.1 Å². The van der Waals surface area contributed by atoms with Crippen molar-refractivity contribution >= 4 is 5.91 Å². The van der Waals surface area contributed by atoms with E-state index in [9.17, 15) is 4.79 Å². The van der Waals surface area contributed by atoms with E-state index < -0.39 is 0 Å². The zero-order valence-corrected chi connectivity index (χ0v) is 6.75. The standard InChI is InChI=1S/C8H16N2O/c9-7-5-3-1-2-4-6(7)8(10)11/h6-7H,1-5,9H2,(H2,10,11)/t6-,7-/m0/s1. The molecule has 3 heteroatoms. The van der Waals surface area contributed by atoms with Crippen LogP contribution in [0.15, 0.2) is 0 Å². The fourth-order valence-corrected chi connectivity index (χ4v) is 1.69. The molecule has 1 aliphatic carbocycles. The predicted octanol–water partition coefficient (Wildman–Crippen LogP) is 0.379. The summed E-state index contributed by atoms with van der Waals surface area (Å²) in [5, 5.41) is 0. The first-order valence-corrected chi connectivity index (χ1v) is 4.26. The van der Waals surface area contributed by atoms with E-state index in [1.807, 2.05) is 0 Å². The van der Waals surface area contributed by atoms with E-state index in [1.54, 1.807) is 0 Å². The van der Waals surface area contributed by atoms with Crippen LogP contribution in [0.25, 0.3) is 0 Å². The van der Waals surface area contributed by atoms with Crippen molar-refractivity contribution in [1.82, 2.24) is 0 Å². The summed E-state index contributed by atoms with van der Waals surface area (Å²) in [4.78, 5) is 10.9. The highest BCUT2D eigenvalue weighted by atomic mass is 16.1. The average molecular weight is 156 g/mol. The van der Waals surface area contributed by atoms with Crippen molar-refractivity contribution < 1.29 is 4.79 Å². The molecule has 0 bridgehead atoms. The largest absolute Gasteiger partial charge is 0.369 e. The Balaban J connectivity index is 2.52. The molecule has 3 nitrogen and oxygen atoms in total. The van der Waals surface area contributed by atoms with Crippen molar-refractivity contribution in [1.29, 1.82) is 0 Å². The van der Waals surface area contributed by atoms with Crippen LogP contribution in [-0.2, 0) is 4.79 Å². The molecule has 0 unspecified atom stereocenters. The van der Waals surface area contributed by atoms with Crippen LogP contribution in [0.3, 0.4) is 0 Å². The second-order valence-electron chi connectivity index (χ2n) is 3.31. The van der Waals surface area contributed by atoms with Gasteiger partial charge in [0.25, 0.3) is 0 Å². The highest BCUT2D eigenvalue weighted by Gasteiger charge is 2.24. The van der Waals surface area contributed by atoms with Crippen molar-refractivity contribution in [2.45, 2.75) is 38.1 Å². The van der Waals surface area contributed by atoms with E-state index in [1.165, 1.54) is 6.42 Å². The van der Waals surface area contributed by atoms with Crippen LogP contribution in [0.5, 0.6) is 0 Å². The molecule has 1 amide bonds. The van der Waals surface area contributed by atoms with Gasteiger partial charge in [-0.2, -0.15) is 0 Å². The molecule has 2 atom stereocenters. The third-order valence-corrected chi connectivity index (χ3v) is 2.43. The molecule has 0 aromatic rings. The first kappa shape index (κ1) is 8.53. The third-order valence-electron chi connectivity index (χ3n) is 2.43. The zero-order valence-electron chi connectivity index (χ0n) is 6.75. The van der Waals surface area contributed by atoms with E-state index in [0.717, 1.165) is 25.7 Å². The van der Waals surface area contributed by atoms with Crippen LogP contribution in [0.1, 0.15) is 32.1 Å². The Bertz CT molecular complexity index is 147. The minimum absolute atomic E-state index is 0.00926. The molecule has 0 aliphatic heterocycles. The number of nitrogens with two attached hydrogens (primary N) is 2. The summed E-state index contributed by atoms with van der Waals surface area (Å²) >= 11 is 0. The number of hydrogen-bond acceptors (Lipinski definition) is 2. The third kappa shape index (κ3) is 2.19. The molecule has 0 radical (unpaired) electrons. The van der Waals surface area contributed by atoms with Gasteiger partial charge in [-0.15, -0.1) is 0 Å². The van der Waals surface area contributed by atoms with Crippen molar-refractivity contribution in [3.8, 4) is 0 Å². The lowest BCUT2D eigenvalue weighted by Crippen LogP contribution is -2.38. The van der Waals surface area contributed by atoms with Gasteiger partial charge in [0.1, 0.15) is 0 Å². The Hall–Kier alpha value is -0.570. The highest BCUT2D eigenvalue weighted by molar-refractivity contribution is 5.77. The molecule has 11 heavy (non-hydrogen) atoms. The van der Waals surface area contributed by atoms with Crippen molar-refractivity contribution in [2.24, 2.45) is 17.4 Å². The maximum atomic E-state index is 10.9. The summed E-state index contributed by atoms with van der Waals surface area (Å²) in [7, 11) is 0. The summed E-state index contributed by atoms with van der Waals surface area (Å²) in [6.45, 7) is 0. The number of primary amides is 1. The Morgan fingerprint density at radius 3 is 2.45 bits per heavy atom. The molecule has 1 fully saturated rings. The minimum Gasteiger partial charge on any atom is -0.369 e. The smallest absolute Gasteiger partial charge is 0.222 e. The maximum Gasteiger partial charge on any atom is 0.222 e. The molecular formula is C8H16N2O. The van der Waals surface area contributed by atoms with E-state index >= 15 is 0 Å². The Kier molecular flexibility index (Phi) is 2.88. The van der Waals surface area contributed by atoms with Crippen LogP contribution >= 0.6 is 0 Å². The van der Waals surface area contributed by atoms with E-state index in [0.29, 0.717) is 0 Å². The summed E-state index contributed by atoms with van der Waals surface area (Å²) in [6, 6.07) is 0.00926. The molecule has 64 valence electrons. The normalized spacial score (nSPS) is 32.8. The van der Waals surface area contributed by atoms with Gasteiger partial charge in [0.05, 0.1) is 5.92 Å². The number of rotatable bonds is 1. The van der Waals surface area contributed by atoms with Crippen LogP contribution in [-0.4, -0.2) is 11.9 Å². The van der Waals surface area contributed by atoms with Crippen molar-refractivity contribution in [2.75, 3.05) is 0 Å². The Morgan fingerprint density at radius 2 is 1.82 bits per heavy atom. The zero-order chi connectivity index (χ0) is 8.27. The summed E-state index contributed by atoms with van der Waals surface area (Å²) in [5.41, 5.74) is 11.0. The van der Waals surface area contributed by atoms with Gasteiger partial charge in [-0.3, -0.25) is 4.79 Å². The van der Waals surface area contributed by atoms with Gasteiger partial charge in [-0.25, -0.2) is 0 Å². The Morgan fingerprint density at radius 1 is 1.18 bits per heavy atom. The monoisotopic (exact) mass is 156 g/mol. The van der Waals surface area contributed by atoms with Gasteiger partial charge < -0.3 is 11.5 Å². The van der Waals surface area contributed by atoms with Gasteiger partial charge in [-0.05, 0) is 12.8 Å². The number of amides is 1. The van der Waals surface area contributed by atoms with Gasteiger partial charge in [0, 0.05) is 6.04 Å². The van der Waals surface area contributed by atoms with Gasteiger partial charge in [0.2, 0.25) is 5.91 Å². The lowest BCUT2D eigenvalue weighted by Gasteiger charge is -2.16. The molecule has 4 N–H and O–H groups in total. The highest BCUT2D eigenvalue weighted by Crippen LogP contribution is 2.21. The van der Waals surface area contributed by atoms with Crippen LogP contribution < -0.4 is 11.5 Å². The molecule has 0 heterocycles. The predicted molar refractivity (Wildman–Crippen MR) is 43.7 cm³/mol. The fraction of sp³-hybridized carbons (Fsp3) is 0.875. The first-order valence-electron chi connectivity index (χ1n) is 4.26. The molecule has 1 saturated carbocycles. The van der Waals surface area contributed by atoms with E-state index in [2.05, 4.69) is 0 Å². The maximum absolute atomic E-state index is 10.9. The average Bonchev–Trinajstić information content (AvgIpc) is 2.13. The summed E-state index contributed by atoms with van der Waals surface area (Å²) < 4.78 is 0. The van der Waals surface area contributed by atoms with Crippen LogP contribution in [0.4, 0.5) is 0 Å².